The number of hydrogen-bond donors (Lipinski definition) is 2. The van der Waals surface area contributed by atoms with Crippen molar-refractivity contribution in [2.75, 3.05) is 32.1 Å². The molecule has 4 heterocycles. The van der Waals surface area contributed by atoms with E-state index in [0.717, 1.165) is 0 Å². The molecule has 166 valence electrons. The molecule has 32 heavy (non-hydrogen) atoms. The number of carbonyl (C=O) groups is 1. The second-order valence-corrected chi connectivity index (χ2v) is 7.62. The molecule has 3 aromatic heterocycles. The number of likely N-dealkylation sites (tertiary alicyclic amines) is 1. The second kappa shape index (κ2) is 9.25. The zero-order valence-corrected chi connectivity index (χ0v) is 18.0. The van der Waals surface area contributed by atoms with Gasteiger partial charge in [-0.1, -0.05) is 18.2 Å². The van der Waals surface area contributed by atoms with Gasteiger partial charge in [-0.15, -0.1) is 0 Å². The van der Waals surface area contributed by atoms with Crippen LogP contribution >= 0.6 is 11.6 Å². The molecule has 11 nitrogen and oxygen atoms in total. The highest BCUT2D eigenvalue weighted by molar-refractivity contribution is 6.35. The summed E-state index contributed by atoms with van der Waals surface area (Å²) in [6, 6.07) is 2.02. The Labute approximate surface area is 188 Å². The van der Waals surface area contributed by atoms with Crippen LogP contribution in [0.3, 0.4) is 0 Å². The van der Waals surface area contributed by atoms with Gasteiger partial charge in [0.1, 0.15) is 12.2 Å². The number of rotatable bonds is 8. The molecule has 0 spiro atoms. The van der Waals surface area contributed by atoms with Gasteiger partial charge in [-0.05, 0) is 6.08 Å². The van der Waals surface area contributed by atoms with Crippen molar-refractivity contribution in [3.05, 3.63) is 36.3 Å². The van der Waals surface area contributed by atoms with Crippen LogP contribution < -0.4 is 10.1 Å². The number of methoxy groups -OCH3 is 1. The molecule has 1 amide bonds. The highest BCUT2D eigenvalue weighted by Gasteiger charge is 2.35. The number of aromatic amines is 1. The van der Waals surface area contributed by atoms with E-state index in [2.05, 4.69) is 31.9 Å². The number of carbonyl (C=O) groups excluding carboxylic acids is 1. The van der Waals surface area contributed by atoms with Crippen LogP contribution in [0.2, 0.25) is 5.02 Å². The van der Waals surface area contributed by atoms with Crippen molar-refractivity contribution in [2.45, 2.75) is 12.6 Å². The maximum absolute atomic E-state index is 12.0. The number of nitrogens with one attached hydrogen (secondary N) is 2. The Morgan fingerprint density at radius 2 is 2.34 bits per heavy atom. The lowest BCUT2D eigenvalue weighted by Gasteiger charge is -2.17. The maximum Gasteiger partial charge on any atom is 0.246 e. The first-order chi connectivity index (χ1) is 15.5. The molecule has 0 aliphatic carbocycles. The van der Waals surface area contributed by atoms with Crippen LogP contribution in [-0.2, 0) is 16.1 Å². The summed E-state index contributed by atoms with van der Waals surface area (Å²) in [5.74, 6) is 0.389. The molecule has 1 aliphatic rings. The van der Waals surface area contributed by atoms with Crippen molar-refractivity contribution in [3.8, 4) is 11.9 Å². The van der Waals surface area contributed by atoms with E-state index in [1.807, 2.05) is 6.07 Å². The van der Waals surface area contributed by atoms with E-state index in [1.54, 1.807) is 30.6 Å². The number of aromatic nitrogens is 5. The van der Waals surface area contributed by atoms with Gasteiger partial charge in [-0.2, -0.15) is 20.3 Å². The summed E-state index contributed by atoms with van der Waals surface area (Å²) >= 11 is 6.32. The predicted molar refractivity (Wildman–Crippen MR) is 117 cm³/mol. The summed E-state index contributed by atoms with van der Waals surface area (Å²) in [7, 11) is 1.61. The first-order valence-corrected chi connectivity index (χ1v) is 10.2. The largest absolute Gasteiger partial charge is 0.477 e. The van der Waals surface area contributed by atoms with E-state index in [0.29, 0.717) is 40.7 Å². The minimum Gasteiger partial charge on any atom is -0.477 e. The third kappa shape index (κ3) is 4.37. The Morgan fingerprint density at radius 1 is 1.50 bits per heavy atom. The fourth-order valence-corrected chi connectivity index (χ4v) is 3.83. The summed E-state index contributed by atoms with van der Waals surface area (Å²) in [6.07, 6.45) is 5.98. The molecule has 0 saturated carbocycles. The quantitative estimate of drug-likeness (QED) is 0.492. The Bertz CT molecular complexity index is 1180. The van der Waals surface area contributed by atoms with E-state index >= 15 is 0 Å². The maximum atomic E-state index is 12.0. The normalized spacial score (nSPS) is 18.0. The van der Waals surface area contributed by atoms with E-state index in [-0.39, 0.29) is 37.0 Å². The number of fused-ring (bicyclic) bond motifs is 1. The van der Waals surface area contributed by atoms with Crippen LogP contribution in [-0.4, -0.2) is 68.4 Å². The highest BCUT2D eigenvalue weighted by Crippen LogP contribution is 2.32. The van der Waals surface area contributed by atoms with Gasteiger partial charge in [0.2, 0.25) is 17.7 Å². The zero-order valence-electron chi connectivity index (χ0n) is 17.3. The molecule has 2 atom stereocenters. The number of hydrogen-bond acceptors (Lipinski definition) is 8. The second-order valence-electron chi connectivity index (χ2n) is 7.21. The van der Waals surface area contributed by atoms with Crippen LogP contribution in [0, 0.1) is 17.2 Å². The fraction of sp³-hybridized carbons (Fsp3) is 0.350. The summed E-state index contributed by atoms with van der Waals surface area (Å²) in [6.45, 7) is 4.91. The average Bonchev–Trinajstić information content (AvgIpc) is 3.51. The molecule has 2 unspecified atom stereocenters. The number of H-pyrrole nitrogens is 1. The Morgan fingerprint density at radius 3 is 3.09 bits per heavy atom. The number of amides is 1. The van der Waals surface area contributed by atoms with Crippen molar-refractivity contribution in [1.29, 1.82) is 5.26 Å². The molecule has 0 bridgehead atoms. The van der Waals surface area contributed by atoms with Crippen molar-refractivity contribution in [1.82, 2.24) is 29.6 Å². The van der Waals surface area contributed by atoms with Crippen molar-refractivity contribution < 1.29 is 14.3 Å². The van der Waals surface area contributed by atoms with E-state index in [1.165, 1.54) is 10.8 Å². The van der Waals surface area contributed by atoms with Gasteiger partial charge in [0.15, 0.2) is 0 Å². The average molecular weight is 457 g/mol. The van der Waals surface area contributed by atoms with Crippen LogP contribution in [0.25, 0.3) is 11.0 Å². The van der Waals surface area contributed by atoms with Gasteiger partial charge in [-0.3, -0.25) is 9.48 Å². The Hall–Kier alpha value is -3.62. The number of nitrogens with zero attached hydrogens (tertiary/aromatic N) is 6. The number of ether oxygens (including phenoxy) is 2. The third-order valence-electron chi connectivity index (χ3n) is 5.18. The number of anilines is 2. The molecule has 0 radical (unpaired) electrons. The minimum atomic E-state index is -0.165. The summed E-state index contributed by atoms with van der Waals surface area (Å²) in [4.78, 5) is 25.6. The number of nitriles is 1. The molecular weight excluding hydrogens is 436 g/mol. The van der Waals surface area contributed by atoms with Gasteiger partial charge in [0.25, 0.3) is 0 Å². The predicted octanol–water partition coefficient (Wildman–Crippen LogP) is 2.11. The molecule has 2 N–H and O–H groups in total. The Balaban J connectivity index is 1.54. The molecule has 3 aromatic rings. The summed E-state index contributed by atoms with van der Waals surface area (Å²) < 4.78 is 13.1. The van der Waals surface area contributed by atoms with Crippen molar-refractivity contribution >= 4 is 40.2 Å². The van der Waals surface area contributed by atoms with E-state index in [9.17, 15) is 4.79 Å². The molecule has 1 fully saturated rings. The van der Waals surface area contributed by atoms with E-state index < -0.39 is 0 Å². The molecule has 12 heteroatoms. The third-order valence-corrected chi connectivity index (χ3v) is 5.47. The fourth-order valence-electron chi connectivity index (χ4n) is 3.60. The highest BCUT2D eigenvalue weighted by atomic mass is 35.5. The molecule has 4 rings (SSSR count). The van der Waals surface area contributed by atoms with Crippen LogP contribution in [0.5, 0.6) is 5.88 Å². The van der Waals surface area contributed by atoms with Gasteiger partial charge in [0, 0.05) is 38.5 Å². The standard InChI is InChI=1S/C20H21ClN8O3/c1-3-16(30)28-8-12(15(10-28)31-2)11-32-19-17-14(21)7-23-18(17)26-20(27-19)25-13-6-24-29(9-13)5-4-22/h3,6-7,9,12,15H,1,5,8,10-11H2,2H3,(H2,23,25,26,27). The van der Waals surface area contributed by atoms with Crippen LogP contribution in [0.4, 0.5) is 11.6 Å². The van der Waals surface area contributed by atoms with E-state index in [4.69, 9.17) is 26.3 Å². The molecule has 1 saturated heterocycles. The van der Waals surface area contributed by atoms with Gasteiger partial charge in [0.05, 0.1) is 41.1 Å². The molecule has 1 aliphatic heterocycles. The molecule has 0 aromatic carbocycles. The zero-order chi connectivity index (χ0) is 22.7. The Kier molecular flexibility index (Phi) is 6.25. The summed E-state index contributed by atoms with van der Waals surface area (Å²) in [5.41, 5.74) is 1.13. The van der Waals surface area contributed by atoms with Crippen molar-refractivity contribution in [3.63, 3.8) is 0 Å². The monoisotopic (exact) mass is 456 g/mol. The van der Waals surface area contributed by atoms with Gasteiger partial charge < -0.3 is 24.7 Å². The SMILES string of the molecule is C=CC(=O)N1CC(COc2nc(Nc3cnn(CC#N)c3)nc3[nH]cc(Cl)c23)C(OC)C1. The smallest absolute Gasteiger partial charge is 0.246 e. The lowest BCUT2D eigenvalue weighted by atomic mass is 10.1. The molecular formula is C20H21ClN8O3. The van der Waals surface area contributed by atoms with Crippen LogP contribution in [0.1, 0.15) is 0 Å². The first-order valence-electron chi connectivity index (χ1n) is 9.80. The van der Waals surface area contributed by atoms with Gasteiger partial charge >= 0.3 is 0 Å². The van der Waals surface area contributed by atoms with Crippen LogP contribution in [0.15, 0.2) is 31.2 Å². The van der Waals surface area contributed by atoms with Gasteiger partial charge in [-0.25, -0.2) is 0 Å². The lowest BCUT2D eigenvalue weighted by molar-refractivity contribution is -0.125. The number of halogens is 1. The van der Waals surface area contributed by atoms with Crippen molar-refractivity contribution in [2.24, 2.45) is 5.92 Å². The summed E-state index contributed by atoms with van der Waals surface area (Å²) in [5, 5.41) is 16.9. The topological polar surface area (TPSA) is 134 Å². The minimum absolute atomic E-state index is 0.0488. The first kappa shape index (κ1) is 21.6. The lowest BCUT2D eigenvalue weighted by Crippen LogP contribution is -2.28.